The van der Waals surface area contributed by atoms with Gasteiger partial charge in [-0.15, -0.1) is 5.10 Å². The number of carbonyl (C=O) groups is 1. The number of aromatic nitrogens is 3. The van der Waals surface area contributed by atoms with Crippen LogP contribution in [0.25, 0.3) is 0 Å². The lowest BCUT2D eigenvalue weighted by Crippen LogP contribution is -2.11. The van der Waals surface area contributed by atoms with Crippen molar-refractivity contribution in [2.75, 3.05) is 5.32 Å². The molecule has 0 aliphatic heterocycles. The van der Waals surface area contributed by atoms with Crippen LogP contribution in [0, 0.1) is 0 Å². The van der Waals surface area contributed by atoms with Gasteiger partial charge >= 0.3 is 0 Å². The first kappa shape index (κ1) is 10.0. The molecule has 0 aliphatic rings. The minimum absolute atomic E-state index is 0.292. The molecule has 0 radical (unpaired) electrons. The quantitative estimate of drug-likeness (QED) is 0.870. The summed E-state index contributed by atoms with van der Waals surface area (Å²) in [4.78, 5) is 15.9. The fourth-order valence-electron chi connectivity index (χ4n) is 0.918. The van der Waals surface area contributed by atoms with Crippen molar-refractivity contribution in [3.8, 4) is 0 Å². The first-order valence-electron chi connectivity index (χ1n) is 3.96. The van der Waals surface area contributed by atoms with Crippen LogP contribution in [0.1, 0.15) is 9.67 Å². The summed E-state index contributed by atoms with van der Waals surface area (Å²) in [7, 11) is 0. The van der Waals surface area contributed by atoms with Crippen molar-refractivity contribution in [1.29, 1.82) is 0 Å². The van der Waals surface area contributed by atoms with Crippen LogP contribution >= 0.6 is 23.1 Å². The van der Waals surface area contributed by atoms with Gasteiger partial charge in [-0.2, -0.15) is 0 Å². The van der Waals surface area contributed by atoms with Crippen molar-refractivity contribution in [2.24, 2.45) is 0 Å². The van der Waals surface area contributed by atoms with E-state index < -0.39 is 0 Å². The standard InChI is InChI=1S/C8H5ClN4OS/c9-5-1-2-10-7(3-5)12-8(14)6-4-11-13-15-6/h1-4H,(H,10,12,14). The van der Waals surface area contributed by atoms with Gasteiger partial charge in [0.2, 0.25) is 0 Å². The van der Waals surface area contributed by atoms with Crippen LogP contribution in [0.2, 0.25) is 5.02 Å². The number of amides is 1. The fourth-order valence-corrected chi connectivity index (χ4v) is 1.49. The molecule has 0 unspecified atom stereocenters. The number of hydrogen-bond donors (Lipinski definition) is 1. The third-order valence-corrected chi connectivity index (χ3v) is 2.45. The van der Waals surface area contributed by atoms with Crippen molar-refractivity contribution in [3.63, 3.8) is 0 Å². The van der Waals surface area contributed by atoms with Gasteiger partial charge in [0.25, 0.3) is 5.91 Å². The van der Waals surface area contributed by atoms with E-state index in [-0.39, 0.29) is 5.91 Å². The molecule has 0 aromatic carbocycles. The summed E-state index contributed by atoms with van der Waals surface area (Å²) >= 11 is 6.76. The van der Waals surface area contributed by atoms with E-state index in [0.717, 1.165) is 11.5 Å². The second kappa shape index (κ2) is 4.33. The van der Waals surface area contributed by atoms with Crippen LogP contribution in [0.4, 0.5) is 5.82 Å². The molecule has 2 aromatic rings. The third kappa shape index (κ3) is 2.48. The van der Waals surface area contributed by atoms with Crippen LogP contribution in [-0.2, 0) is 0 Å². The van der Waals surface area contributed by atoms with E-state index in [1.54, 1.807) is 12.1 Å². The van der Waals surface area contributed by atoms with Gasteiger partial charge in [0.05, 0.1) is 6.20 Å². The summed E-state index contributed by atoms with van der Waals surface area (Å²) in [6.07, 6.45) is 2.91. The molecule has 2 aromatic heterocycles. The average Bonchev–Trinajstić information content (AvgIpc) is 2.70. The summed E-state index contributed by atoms with van der Waals surface area (Å²) < 4.78 is 3.59. The largest absolute Gasteiger partial charge is 0.306 e. The minimum atomic E-state index is -0.292. The molecular formula is C8H5ClN4OS. The van der Waals surface area contributed by atoms with E-state index >= 15 is 0 Å². The molecule has 7 heteroatoms. The van der Waals surface area contributed by atoms with E-state index in [9.17, 15) is 4.79 Å². The highest BCUT2D eigenvalue weighted by molar-refractivity contribution is 7.07. The van der Waals surface area contributed by atoms with E-state index in [0.29, 0.717) is 15.7 Å². The number of pyridine rings is 1. The second-order valence-corrected chi connectivity index (χ2v) is 3.82. The highest BCUT2D eigenvalue weighted by Crippen LogP contribution is 2.13. The van der Waals surface area contributed by atoms with Crippen LogP contribution in [0.3, 0.4) is 0 Å². The van der Waals surface area contributed by atoms with E-state index in [4.69, 9.17) is 11.6 Å². The average molecular weight is 241 g/mol. The molecule has 1 amide bonds. The van der Waals surface area contributed by atoms with Crippen molar-refractivity contribution in [1.82, 2.24) is 14.6 Å². The first-order valence-corrected chi connectivity index (χ1v) is 5.11. The molecule has 0 bridgehead atoms. The zero-order valence-corrected chi connectivity index (χ0v) is 8.92. The molecule has 0 fully saturated rings. The zero-order chi connectivity index (χ0) is 10.7. The first-order chi connectivity index (χ1) is 7.25. The molecule has 15 heavy (non-hydrogen) atoms. The normalized spacial score (nSPS) is 9.93. The van der Waals surface area contributed by atoms with Gasteiger partial charge in [0.15, 0.2) is 0 Å². The van der Waals surface area contributed by atoms with Gasteiger partial charge in [-0.1, -0.05) is 16.1 Å². The summed E-state index contributed by atoms with van der Waals surface area (Å²) in [5.41, 5.74) is 0. The lowest BCUT2D eigenvalue weighted by molar-refractivity contribution is 0.103. The van der Waals surface area contributed by atoms with E-state index in [1.807, 2.05) is 0 Å². The summed E-state index contributed by atoms with van der Waals surface area (Å²) in [5.74, 6) is 0.112. The van der Waals surface area contributed by atoms with E-state index in [2.05, 4.69) is 19.9 Å². The molecule has 2 heterocycles. The number of nitrogens with one attached hydrogen (secondary N) is 1. The van der Waals surface area contributed by atoms with Crippen LogP contribution in [-0.4, -0.2) is 20.5 Å². The molecule has 0 atom stereocenters. The Hall–Kier alpha value is -1.53. The molecule has 0 saturated heterocycles. The molecule has 0 aliphatic carbocycles. The third-order valence-electron chi connectivity index (χ3n) is 1.55. The molecular weight excluding hydrogens is 236 g/mol. The number of anilines is 1. The Bertz CT molecular complexity index is 473. The van der Waals surface area contributed by atoms with Gasteiger partial charge in [0.1, 0.15) is 10.7 Å². The van der Waals surface area contributed by atoms with Gasteiger partial charge in [-0.3, -0.25) is 4.79 Å². The van der Waals surface area contributed by atoms with Crippen molar-refractivity contribution in [2.45, 2.75) is 0 Å². The molecule has 0 saturated carbocycles. The number of carbonyl (C=O) groups excluding carboxylic acids is 1. The van der Waals surface area contributed by atoms with Crippen LogP contribution in [0.5, 0.6) is 0 Å². The Kier molecular flexibility index (Phi) is 2.89. The molecule has 2 rings (SSSR count). The lowest BCUT2D eigenvalue weighted by atomic mass is 10.4. The predicted octanol–water partition coefficient (Wildman–Crippen LogP) is 1.84. The summed E-state index contributed by atoms with van der Waals surface area (Å²) in [6.45, 7) is 0. The predicted molar refractivity (Wildman–Crippen MR) is 57.1 cm³/mol. The van der Waals surface area contributed by atoms with Crippen molar-refractivity contribution >= 4 is 34.9 Å². The van der Waals surface area contributed by atoms with Crippen molar-refractivity contribution in [3.05, 3.63) is 34.4 Å². The Labute approximate surface area is 94.3 Å². The maximum Gasteiger partial charge on any atom is 0.270 e. The molecule has 76 valence electrons. The monoisotopic (exact) mass is 240 g/mol. The number of rotatable bonds is 2. The van der Waals surface area contributed by atoms with Crippen LogP contribution < -0.4 is 5.32 Å². The smallest absolute Gasteiger partial charge is 0.270 e. The second-order valence-electron chi connectivity index (χ2n) is 2.60. The number of halogens is 1. The lowest BCUT2D eigenvalue weighted by Gasteiger charge is -2.01. The SMILES string of the molecule is O=C(Nc1cc(Cl)ccn1)c1cnns1. The fraction of sp³-hybridized carbons (Fsp3) is 0. The highest BCUT2D eigenvalue weighted by atomic mass is 35.5. The van der Waals surface area contributed by atoms with Crippen LogP contribution in [0.15, 0.2) is 24.5 Å². The number of nitrogens with zero attached hydrogens (tertiary/aromatic N) is 3. The minimum Gasteiger partial charge on any atom is -0.306 e. The Balaban J connectivity index is 2.13. The Morgan fingerprint density at radius 3 is 3.07 bits per heavy atom. The molecule has 0 spiro atoms. The van der Waals surface area contributed by atoms with Crippen molar-refractivity contribution < 1.29 is 4.79 Å². The molecule has 5 nitrogen and oxygen atoms in total. The zero-order valence-electron chi connectivity index (χ0n) is 7.35. The molecule has 1 N–H and O–H groups in total. The van der Waals surface area contributed by atoms with Gasteiger partial charge in [-0.05, 0) is 23.7 Å². The Morgan fingerprint density at radius 2 is 2.40 bits per heavy atom. The van der Waals surface area contributed by atoms with Gasteiger partial charge in [-0.25, -0.2) is 4.98 Å². The van der Waals surface area contributed by atoms with Gasteiger partial charge in [0, 0.05) is 11.2 Å². The highest BCUT2D eigenvalue weighted by Gasteiger charge is 2.09. The van der Waals surface area contributed by atoms with E-state index in [1.165, 1.54) is 12.4 Å². The summed E-state index contributed by atoms with van der Waals surface area (Å²) in [5, 5.41) is 6.66. The topological polar surface area (TPSA) is 67.8 Å². The number of hydrogen-bond acceptors (Lipinski definition) is 5. The maximum absolute atomic E-state index is 11.5. The summed E-state index contributed by atoms with van der Waals surface area (Å²) in [6, 6.07) is 3.19. The maximum atomic E-state index is 11.5. The Morgan fingerprint density at radius 1 is 1.53 bits per heavy atom. The van der Waals surface area contributed by atoms with Gasteiger partial charge < -0.3 is 5.32 Å².